The molecule has 1 aromatic carbocycles. The number of para-hydroxylation sites is 1. The molecule has 4 nitrogen and oxygen atoms in total. The monoisotopic (exact) mass is 188 g/mol. The van der Waals surface area contributed by atoms with Crippen LogP contribution in [0.1, 0.15) is 5.82 Å². The molecule has 0 atom stereocenters. The normalized spacial score (nSPS) is 10.4. The van der Waals surface area contributed by atoms with Crippen LogP contribution in [0.5, 0.6) is 0 Å². The Labute approximate surface area is 82.6 Å². The highest BCUT2D eigenvalue weighted by Crippen LogP contribution is 2.08. The van der Waals surface area contributed by atoms with E-state index in [0.29, 0.717) is 0 Å². The molecule has 1 heterocycles. The van der Waals surface area contributed by atoms with E-state index in [1.807, 2.05) is 41.9 Å². The van der Waals surface area contributed by atoms with Gasteiger partial charge in [-0.2, -0.15) is 0 Å². The van der Waals surface area contributed by atoms with Crippen LogP contribution in [0.25, 0.3) is 5.69 Å². The lowest BCUT2D eigenvalue weighted by molar-refractivity contribution is 0.737. The lowest BCUT2D eigenvalue weighted by atomic mass is 10.3. The molecule has 0 aliphatic rings. The molecule has 1 aromatic heterocycles. The SMILES string of the molecule is CNCc1nncn1-c1ccccc1. The van der Waals surface area contributed by atoms with E-state index in [0.717, 1.165) is 18.1 Å². The van der Waals surface area contributed by atoms with Gasteiger partial charge in [-0.3, -0.25) is 4.57 Å². The third kappa shape index (κ3) is 1.65. The maximum atomic E-state index is 4.03. The summed E-state index contributed by atoms with van der Waals surface area (Å²) in [5.74, 6) is 0.915. The van der Waals surface area contributed by atoms with E-state index in [4.69, 9.17) is 0 Å². The molecule has 0 unspecified atom stereocenters. The Hall–Kier alpha value is -1.68. The van der Waals surface area contributed by atoms with Gasteiger partial charge in [-0.25, -0.2) is 0 Å². The number of rotatable bonds is 3. The van der Waals surface area contributed by atoms with Crippen molar-refractivity contribution in [3.8, 4) is 5.69 Å². The fourth-order valence-corrected chi connectivity index (χ4v) is 1.34. The molecular formula is C10H12N4. The van der Waals surface area contributed by atoms with Crippen molar-refractivity contribution in [2.45, 2.75) is 6.54 Å². The lowest BCUT2D eigenvalue weighted by Gasteiger charge is -2.04. The smallest absolute Gasteiger partial charge is 0.151 e. The zero-order valence-electron chi connectivity index (χ0n) is 8.01. The van der Waals surface area contributed by atoms with Crippen LogP contribution >= 0.6 is 0 Å². The minimum atomic E-state index is 0.717. The largest absolute Gasteiger partial charge is 0.313 e. The van der Waals surface area contributed by atoms with Crippen molar-refractivity contribution in [2.24, 2.45) is 0 Å². The van der Waals surface area contributed by atoms with E-state index in [1.54, 1.807) is 6.33 Å². The quantitative estimate of drug-likeness (QED) is 0.781. The van der Waals surface area contributed by atoms with Crippen molar-refractivity contribution in [1.29, 1.82) is 0 Å². The van der Waals surface area contributed by atoms with Crippen molar-refractivity contribution in [2.75, 3.05) is 7.05 Å². The van der Waals surface area contributed by atoms with Crippen LogP contribution in [0.3, 0.4) is 0 Å². The van der Waals surface area contributed by atoms with E-state index in [2.05, 4.69) is 15.5 Å². The first-order valence-corrected chi connectivity index (χ1v) is 4.51. The van der Waals surface area contributed by atoms with Crippen LogP contribution in [-0.2, 0) is 6.54 Å². The molecule has 72 valence electrons. The molecule has 4 heteroatoms. The molecule has 0 aliphatic heterocycles. The second kappa shape index (κ2) is 4.02. The van der Waals surface area contributed by atoms with Crippen molar-refractivity contribution >= 4 is 0 Å². The molecule has 0 bridgehead atoms. The first-order chi connectivity index (χ1) is 6.92. The molecule has 2 aromatic rings. The second-order valence-corrected chi connectivity index (χ2v) is 2.98. The van der Waals surface area contributed by atoms with Gasteiger partial charge in [0.1, 0.15) is 6.33 Å². The zero-order chi connectivity index (χ0) is 9.80. The van der Waals surface area contributed by atoms with Crippen LogP contribution in [0.15, 0.2) is 36.7 Å². The standard InChI is InChI=1S/C10H12N4/c1-11-7-10-13-12-8-14(10)9-5-3-2-4-6-9/h2-6,8,11H,7H2,1H3. The summed E-state index contributed by atoms with van der Waals surface area (Å²) in [7, 11) is 1.89. The van der Waals surface area contributed by atoms with Gasteiger partial charge >= 0.3 is 0 Å². The molecule has 0 amide bonds. The molecule has 0 saturated heterocycles. The molecule has 0 radical (unpaired) electrons. The van der Waals surface area contributed by atoms with Crippen molar-refractivity contribution in [3.05, 3.63) is 42.5 Å². The fraction of sp³-hybridized carbons (Fsp3) is 0.200. The summed E-state index contributed by atoms with van der Waals surface area (Å²) in [6, 6.07) is 10.0. The number of hydrogen-bond donors (Lipinski definition) is 1. The summed E-state index contributed by atoms with van der Waals surface area (Å²) in [5, 5.41) is 11.0. The average molecular weight is 188 g/mol. The molecule has 0 aliphatic carbocycles. The van der Waals surface area contributed by atoms with Crippen LogP contribution in [0.4, 0.5) is 0 Å². The van der Waals surface area contributed by atoms with Gasteiger partial charge in [0.15, 0.2) is 5.82 Å². The van der Waals surface area contributed by atoms with Gasteiger partial charge in [0.05, 0.1) is 6.54 Å². The molecule has 0 saturated carbocycles. The van der Waals surface area contributed by atoms with Gasteiger partial charge in [0.2, 0.25) is 0 Å². The summed E-state index contributed by atoms with van der Waals surface area (Å²) in [4.78, 5) is 0. The number of hydrogen-bond acceptors (Lipinski definition) is 3. The van der Waals surface area contributed by atoms with Crippen molar-refractivity contribution in [3.63, 3.8) is 0 Å². The Bertz CT molecular complexity index is 394. The van der Waals surface area contributed by atoms with Gasteiger partial charge < -0.3 is 5.32 Å². The first-order valence-electron chi connectivity index (χ1n) is 4.51. The Balaban J connectivity index is 2.37. The summed E-state index contributed by atoms with van der Waals surface area (Å²) in [6.45, 7) is 0.717. The van der Waals surface area contributed by atoms with Crippen molar-refractivity contribution < 1.29 is 0 Å². The third-order valence-corrected chi connectivity index (χ3v) is 1.99. The molecule has 2 rings (SSSR count). The molecule has 0 fully saturated rings. The van der Waals surface area contributed by atoms with Gasteiger partial charge in [0.25, 0.3) is 0 Å². The number of nitrogens with zero attached hydrogens (tertiary/aromatic N) is 3. The van der Waals surface area contributed by atoms with E-state index in [9.17, 15) is 0 Å². The number of nitrogens with one attached hydrogen (secondary N) is 1. The Morgan fingerprint density at radius 3 is 2.79 bits per heavy atom. The Kier molecular flexibility index (Phi) is 2.55. The van der Waals surface area contributed by atoms with Gasteiger partial charge in [0, 0.05) is 5.69 Å². The molecule has 14 heavy (non-hydrogen) atoms. The fourth-order valence-electron chi connectivity index (χ4n) is 1.34. The van der Waals surface area contributed by atoms with Crippen LogP contribution in [-0.4, -0.2) is 21.8 Å². The summed E-state index contributed by atoms with van der Waals surface area (Å²) in [6.07, 6.45) is 1.72. The first kappa shape index (κ1) is 8.90. The van der Waals surface area contributed by atoms with E-state index in [-0.39, 0.29) is 0 Å². The minimum Gasteiger partial charge on any atom is -0.313 e. The lowest BCUT2D eigenvalue weighted by Crippen LogP contribution is -2.10. The zero-order valence-corrected chi connectivity index (χ0v) is 8.01. The highest BCUT2D eigenvalue weighted by molar-refractivity contribution is 5.31. The number of aromatic nitrogens is 3. The van der Waals surface area contributed by atoms with Gasteiger partial charge in [-0.05, 0) is 19.2 Å². The predicted octanol–water partition coefficient (Wildman–Crippen LogP) is 0.987. The molecule has 1 N–H and O–H groups in total. The van der Waals surface area contributed by atoms with E-state index < -0.39 is 0 Å². The van der Waals surface area contributed by atoms with Crippen LogP contribution in [0.2, 0.25) is 0 Å². The highest BCUT2D eigenvalue weighted by Gasteiger charge is 2.03. The summed E-state index contributed by atoms with van der Waals surface area (Å²) >= 11 is 0. The maximum absolute atomic E-state index is 4.03. The topological polar surface area (TPSA) is 42.7 Å². The molecule has 0 spiro atoms. The summed E-state index contributed by atoms with van der Waals surface area (Å²) < 4.78 is 1.97. The Morgan fingerprint density at radius 1 is 1.29 bits per heavy atom. The van der Waals surface area contributed by atoms with Crippen LogP contribution < -0.4 is 5.32 Å². The molecular weight excluding hydrogens is 176 g/mol. The number of benzene rings is 1. The summed E-state index contributed by atoms with van der Waals surface area (Å²) in [5.41, 5.74) is 1.09. The highest BCUT2D eigenvalue weighted by atomic mass is 15.3. The van der Waals surface area contributed by atoms with Crippen molar-refractivity contribution in [1.82, 2.24) is 20.1 Å². The van der Waals surface area contributed by atoms with E-state index >= 15 is 0 Å². The third-order valence-electron chi connectivity index (χ3n) is 1.99. The van der Waals surface area contributed by atoms with Gasteiger partial charge in [-0.15, -0.1) is 10.2 Å². The predicted molar refractivity (Wildman–Crippen MR) is 54.1 cm³/mol. The average Bonchev–Trinajstić information content (AvgIpc) is 2.68. The van der Waals surface area contributed by atoms with Gasteiger partial charge in [-0.1, -0.05) is 18.2 Å². The minimum absolute atomic E-state index is 0.717. The van der Waals surface area contributed by atoms with E-state index in [1.165, 1.54) is 0 Å². The van der Waals surface area contributed by atoms with Crippen LogP contribution in [0, 0.1) is 0 Å². The Morgan fingerprint density at radius 2 is 2.07 bits per heavy atom. The second-order valence-electron chi connectivity index (χ2n) is 2.98. The maximum Gasteiger partial charge on any atom is 0.151 e.